The number of carbonyl (C=O) groups is 1. The van der Waals surface area contributed by atoms with Gasteiger partial charge in [-0.2, -0.15) is 8.42 Å². The maximum absolute atomic E-state index is 12.0. The zero-order chi connectivity index (χ0) is 29.2. The van der Waals surface area contributed by atoms with Crippen molar-refractivity contribution in [1.82, 2.24) is 0 Å². The Morgan fingerprint density at radius 3 is 1.50 bits per heavy atom. The Morgan fingerprint density at radius 2 is 1.07 bits per heavy atom. The summed E-state index contributed by atoms with van der Waals surface area (Å²) >= 11 is 0. The van der Waals surface area contributed by atoms with E-state index in [0.717, 1.165) is 25.7 Å². The topological polar surface area (TPSA) is 125 Å². The molecule has 1 rings (SSSR count). The van der Waals surface area contributed by atoms with Crippen molar-refractivity contribution in [2.75, 3.05) is 92.5 Å². The van der Waals surface area contributed by atoms with E-state index in [1.807, 2.05) is 6.92 Å². The Labute approximate surface area is 239 Å². The molecule has 0 aliphatic carbocycles. The lowest BCUT2D eigenvalue weighted by molar-refractivity contribution is -0.150. The van der Waals surface area contributed by atoms with E-state index < -0.39 is 10.1 Å². The predicted octanol–water partition coefficient (Wildman–Crippen LogP) is 3.25. The summed E-state index contributed by atoms with van der Waals surface area (Å²) in [6.45, 7) is 9.10. The molecule has 0 N–H and O–H groups in total. The van der Waals surface area contributed by atoms with E-state index in [2.05, 4.69) is 6.92 Å². The monoisotopic (exact) mass is 592 g/mol. The Hall–Kier alpha value is -1.64. The standard InChI is InChI=1S/C28H48O11S/c1-3-5-9-26(4-2)28(29)38-24-22-36-20-18-34-16-14-32-12-13-33-15-17-35-19-21-37-23-25-39-40(30,31)27-10-7-6-8-11-27/h6-8,10-11,26H,3-5,9,12-25H2,1-2H3. The van der Waals surface area contributed by atoms with Gasteiger partial charge in [-0.25, -0.2) is 0 Å². The summed E-state index contributed by atoms with van der Waals surface area (Å²) in [5.41, 5.74) is 0. The van der Waals surface area contributed by atoms with Crippen LogP contribution in [0.1, 0.15) is 39.5 Å². The molecular formula is C28H48O11S. The van der Waals surface area contributed by atoms with Gasteiger partial charge in [-0.05, 0) is 25.0 Å². The summed E-state index contributed by atoms with van der Waals surface area (Å²) in [6, 6.07) is 7.97. The first-order valence-electron chi connectivity index (χ1n) is 14.1. The molecule has 0 saturated heterocycles. The van der Waals surface area contributed by atoms with Crippen molar-refractivity contribution in [2.45, 2.75) is 44.4 Å². The van der Waals surface area contributed by atoms with Crippen LogP contribution in [0.3, 0.4) is 0 Å². The summed E-state index contributed by atoms with van der Waals surface area (Å²) in [5.74, 6) is -0.143. The molecule has 232 valence electrons. The van der Waals surface area contributed by atoms with Gasteiger partial charge in [0, 0.05) is 0 Å². The minimum atomic E-state index is -3.75. The molecule has 0 aliphatic rings. The van der Waals surface area contributed by atoms with Crippen LogP contribution in [-0.4, -0.2) is 107 Å². The van der Waals surface area contributed by atoms with Crippen LogP contribution < -0.4 is 0 Å². The van der Waals surface area contributed by atoms with Gasteiger partial charge in [-0.1, -0.05) is 44.9 Å². The second-order valence-corrected chi connectivity index (χ2v) is 10.3. The third-order valence-electron chi connectivity index (χ3n) is 5.56. The minimum Gasteiger partial charge on any atom is -0.463 e. The molecule has 1 aromatic rings. The van der Waals surface area contributed by atoms with Crippen molar-refractivity contribution in [1.29, 1.82) is 0 Å². The fraction of sp³-hybridized carbons (Fsp3) is 0.750. The van der Waals surface area contributed by atoms with Crippen LogP contribution >= 0.6 is 0 Å². The van der Waals surface area contributed by atoms with Crippen LogP contribution in [0.15, 0.2) is 35.2 Å². The van der Waals surface area contributed by atoms with Crippen LogP contribution in [0.25, 0.3) is 0 Å². The largest absolute Gasteiger partial charge is 0.463 e. The van der Waals surface area contributed by atoms with Gasteiger partial charge in [0.15, 0.2) is 0 Å². The molecule has 0 fully saturated rings. The van der Waals surface area contributed by atoms with Crippen molar-refractivity contribution < 1.29 is 50.6 Å². The fourth-order valence-corrected chi connectivity index (χ4v) is 4.23. The third-order valence-corrected chi connectivity index (χ3v) is 6.89. The molecule has 1 atom stereocenters. The second-order valence-electron chi connectivity index (χ2n) is 8.68. The number of esters is 1. The second kappa shape index (κ2) is 25.1. The normalized spacial score (nSPS) is 12.4. The number of ether oxygens (including phenoxy) is 7. The third kappa shape index (κ3) is 19.4. The van der Waals surface area contributed by atoms with E-state index in [1.54, 1.807) is 18.2 Å². The highest BCUT2D eigenvalue weighted by Gasteiger charge is 2.17. The van der Waals surface area contributed by atoms with Gasteiger partial charge >= 0.3 is 5.97 Å². The van der Waals surface area contributed by atoms with Crippen LogP contribution in [0.2, 0.25) is 0 Å². The molecule has 0 aromatic heterocycles. The SMILES string of the molecule is CCCCC(CC)C(=O)OCCOCCOCCOCCOCCOCCOCCOS(=O)(=O)c1ccccc1. The lowest BCUT2D eigenvalue weighted by Gasteiger charge is -2.13. The Bertz CT molecular complexity index is 821. The first kappa shape index (κ1) is 36.4. The number of benzene rings is 1. The molecule has 0 aliphatic heterocycles. The molecule has 0 saturated carbocycles. The number of hydrogen-bond acceptors (Lipinski definition) is 11. The van der Waals surface area contributed by atoms with Crippen LogP contribution in [-0.2, 0) is 52.3 Å². The summed E-state index contributed by atoms with van der Waals surface area (Å²) in [7, 11) is -3.75. The van der Waals surface area contributed by atoms with Crippen molar-refractivity contribution in [3.05, 3.63) is 30.3 Å². The first-order chi connectivity index (χ1) is 19.5. The van der Waals surface area contributed by atoms with E-state index in [-0.39, 0.29) is 36.6 Å². The average Bonchev–Trinajstić information content (AvgIpc) is 2.96. The number of rotatable bonds is 28. The van der Waals surface area contributed by atoms with Crippen molar-refractivity contribution >= 4 is 16.1 Å². The molecule has 40 heavy (non-hydrogen) atoms. The average molecular weight is 593 g/mol. The highest BCUT2D eigenvalue weighted by Crippen LogP contribution is 2.14. The lowest BCUT2D eigenvalue weighted by atomic mass is 10.00. The fourth-order valence-electron chi connectivity index (χ4n) is 3.32. The Balaban J connectivity index is 1.77. The quantitative estimate of drug-likeness (QED) is 0.0809. The molecule has 1 unspecified atom stereocenters. The molecule has 0 radical (unpaired) electrons. The molecule has 0 amide bonds. The van der Waals surface area contributed by atoms with Gasteiger partial charge in [0.1, 0.15) is 6.61 Å². The smallest absolute Gasteiger partial charge is 0.308 e. The molecule has 12 heteroatoms. The molecule has 0 spiro atoms. The molecule has 11 nitrogen and oxygen atoms in total. The zero-order valence-electron chi connectivity index (χ0n) is 24.1. The van der Waals surface area contributed by atoms with Crippen molar-refractivity contribution in [3.8, 4) is 0 Å². The van der Waals surface area contributed by atoms with Crippen molar-refractivity contribution in [2.24, 2.45) is 5.92 Å². The van der Waals surface area contributed by atoms with Gasteiger partial charge in [-0.3, -0.25) is 8.98 Å². The van der Waals surface area contributed by atoms with Gasteiger partial charge in [0.05, 0.1) is 96.7 Å². The summed E-state index contributed by atoms with van der Waals surface area (Å²) < 4.78 is 66.5. The Kier molecular flexibility index (Phi) is 22.8. The molecule has 1 aromatic carbocycles. The van der Waals surface area contributed by atoms with Gasteiger partial charge in [-0.15, -0.1) is 0 Å². The van der Waals surface area contributed by atoms with E-state index in [4.69, 9.17) is 37.3 Å². The van der Waals surface area contributed by atoms with E-state index in [1.165, 1.54) is 12.1 Å². The van der Waals surface area contributed by atoms with Crippen LogP contribution in [0, 0.1) is 5.92 Å². The highest BCUT2D eigenvalue weighted by atomic mass is 32.2. The first-order valence-corrected chi connectivity index (χ1v) is 15.5. The van der Waals surface area contributed by atoms with Crippen molar-refractivity contribution in [3.63, 3.8) is 0 Å². The molecule has 0 heterocycles. The van der Waals surface area contributed by atoms with Crippen LogP contribution in [0.4, 0.5) is 0 Å². The number of unbranched alkanes of at least 4 members (excludes halogenated alkanes) is 1. The Morgan fingerprint density at radius 1 is 0.650 bits per heavy atom. The van der Waals surface area contributed by atoms with E-state index in [0.29, 0.717) is 72.7 Å². The van der Waals surface area contributed by atoms with Gasteiger partial charge in [0.2, 0.25) is 0 Å². The maximum Gasteiger partial charge on any atom is 0.308 e. The number of carbonyl (C=O) groups excluding carboxylic acids is 1. The van der Waals surface area contributed by atoms with E-state index >= 15 is 0 Å². The van der Waals surface area contributed by atoms with Gasteiger partial charge in [0.25, 0.3) is 10.1 Å². The molecule has 0 bridgehead atoms. The molecular weight excluding hydrogens is 544 g/mol. The summed E-state index contributed by atoms with van der Waals surface area (Å²) in [4.78, 5) is 12.1. The number of hydrogen-bond donors (Lipinski definition) is 0. The predicted molar refractivity (Wildman–Crippen MR) is 149 cm³/mol. The minimum absolute atomic E-state index is 0.0120. The summed E-state index contributed by atoms with van der Waals surface area (Å²) in [5, 5.41) is 0. The highest BCUT2D eigenvalue weighted by molar-refractivity contribution is 7.86. The maximum atomic E-state index is 12.0. The van der Waals surface area contributed by atoms with E-state index in [9.17, 15) is 13.2 Å². The summed E-state index contributed by atoms with van der Waals surface area (Å²) in [6.07, 6.45) is 3.80. The zero-order valence-corrected chi connectivity index (χ0v) is 24.9. The lowest BCUT2D eigenvalue weighted by Crippen LogP contribution is -2.20. The van der Waals surface area contributed by atoms with Crippen LogP contribution in [0.5, 0.6) is 0 Å². The van der Waals surface area contributed by atoms with Gasteiger partial charge < -0.3 is 33.2 Å².